The van der Waals surface area contributed by atoms with Crippen LogP contribution in [0.1, 0.15) is 63.9 Å². The average Bonchev–Trinajstić information content (AvgIpc) is 2.55. The monoisotopic (exact) mass is 364 g/mol. The van der Waals surface area contributed by atoms with Gasteiger partial charge in [-0.2, -0.15) is 0 Å². The Labute approximate surface area is 157 Å². The molecule has 0 N–H and O–H groups in total. The second-order valence-corrected chi connectivity index (χ2v) is 6.88. The van der Waals surface area contributed by atoms with Gasteiger partial charge in [-0.05, 0) is 50.8 Å². The smallest absolute Gasteiger partial charge is 0.459 e. The number of aryl methyl sites for hydroxylation is 1. The predicted octanol–water partition coefficient (Wildman–Crippen LogP) is 5.02. The van der Waals surface area contributed by atoms with Crippen LogP contribution in [-0.2, 0) is 20.6 Å². The van der Waals surface area contributed by atoms with E-state index in [1.54, 1.807) is 26.0 Å². The van der Waals surface area contributed by atoms with Crippen LogP contribution < -0.4 is 0 Å². The number of rotatable bonds is 9. The van der Waals surface area contributed by atoms with Crippen LogP contribution in [0.4, 0.5) is 4.79 Å². The number of ether oxygens (including phenoxy) is 3. The minimum atomic E-state index is -0.698. The number of carbonyl (C=O) groups is 2. The molecule has 3 unspecified atom stereocenters. The molecule has 1 aromatic carbocycles. The van der Waals surface area contributed by atoms with Crippen LogP contribution >= 0.6 is 0 Å². The summed E-state index contributed by atoms with van der Waals surface area (Å²) in [6.07, 6.45) is 0.528. The van der Waals surface area contributed by atoms with E-state index in [0.717, 1.165) is 12.8 Å². The fourth-order valence-corrected chi connectivity index (χ4v) is 3.26. The van der Waals surface area contributed by atoms with Gasteiger partial charge in [-0.3, -0.25) is 0 Å². The maximum atomic E-state index is 12.4. The van der Waals surface area contributed by atoms with Crippen molar-refractivity contribution in [2.24, 2.45) is 11.8 Å². The molecule has 1 aromatic rings. The van der Waals surface area contributed by atoms with E-state index in [-0.39, 0.29) is 24.4 Å². The van der Waals surface area contributed by atoms with E-state index in [4.69, 9.17) is 14.2 Å². The maximum Gasteiger partial charge on any atom is 0.508 e. The lowest BCUT2D eigenvalue weighted by molar-refractivity contribution is -0.0434. The van der Waals surface area contributed by atoms with Gasteiger partial charge >= 0.3 is 12.1 Å². The largest absolute Gasteiger partial charge is 0.508 e. The summed E-state index contributed by atoms with van der Waals surface area (Å²) in [5.74, 6) is -0.341. The first-order valence-corrected chi connectivity index (χ1v) is 9.43. The van der Waals surface area contributed by atoms with Crippen molar-refractivity contribution in [3.05, 3.63) is 35.4 Å². The molecule has 3 atom stereocenters. The molecule has 0 fully saturated rings. The van der Waals surface area contributed by atoms with Gasteiger partial charge in [-0.1, -0.05) is 39.3 Å². The summed E-state index contributed by atoms with van der Waals surface area (Å²) in [6.45, 7) is 11.8. The second-order valence-electron chi connectivity index (χ2n) is 6.88. The Morgan fingerprint density at radius 1 is 0.923 bits per heavy atom. The van der Waals surface area contributed by atoms with Gasteiger partial charge in [0.1, 0.15) is 12.2 Å². The van der Waals surface area contributed by atoms with Gasteiger partial charge in [-0.15, -0.1) is 0 Å². The molecule has 1 rings (SSSR count). The Bertz CT molecular complexity index is 564. The van der Waals surface area contributed by atoms with E-state index in [0.29, 0.717) is 5.56 Å². The van der Waals surface area contributed by atoms with Crippen LogP contribution in [0.2, 0.25) is 0 Å². The third-order valence-corrected chi connectivity index (χ3v) is 4.42. The fourth-order valence-electron chi connectivity index (χ4n) is 3.26. The third kappa shape index (κ3) is 6.70. The van der Waals surface area contributed by atoms with Gasteiger partial charge in [0, 0.05) is 5.92 Å². The molecule has 0 spiro atoms. The van der Waals surface area contributed by atoms with Gasteiger partial charge < -0.3 is 14.2 Å². The summed E-state index contributed by atoms with van der Waals surface area (Å²) >= 11 is 0. The predicted molar refractivity (Wildman–Crippen MR) is 101 cm³/mol. The van der Waals surface area contributed by atoms with Gasteiger partial charge in [0.25, 0.3) is 0 Å². The molecule has 0 aliphatic heterocycles. The molecular weight excluding hydrogens is 332 g/mol. The van der Waals surface area contributed by atoms with Gasteiger partial charge in [0.15, 0.2) is 0 Å². The average molecular weight is 364 g/mol. The van der Waals surface area contributed by atoms with Gasteiger partial charge in [-0.25, -0.2) is 9.59 Å². The lowest BCUT2D eigenvalue weighted by atomic mass is 9.86. The Balaban J connectivity index is 2.74. The van der Waals surface area contributed by atoms with E-state index in [2.05, 4.69) is 6.92 Å². The summed E-state index contributed by atoms with van der Waals surface area (Å²) in [4.78, 5) is 24.0. The molecule has 5 nitrogen and oxygen atoms in total. The first kappa shape index (κ1) is 22.0. The Morgan fingerprint density at radius 2 is 1.50 bits per heavy atom. The molecule has 0 heterocycles. The van der Waals surface area contributed by atoms with Crippen molar-refractivity contribution in [2.75, 3.05) is 6.61 Å². The quantitative estimate of drug-likeness (QED) is 0.576. The number of hydrogen-bond acceptors (Lipinski definition) is 5. The van der Waals surface area contributed by atoms with E-state index < -0.39 is 18.4 Å². The van der Waals surface area contributed by atoms with E-state index in [9.17, 15) is 9.59 Å². The SMILES string of the molecule is CCCc1ccc(C(=O)OC(C)C(C(C)C)C(C)OC(=O)OCC)cc1. The van der Waals surface area contributed by atoms with Crippen molar-refractivity contribution < 1.29 is 23.8 Å². The Hall–Kier alpha value is -2.04. The molecular formula is C21H32O5. The standard InChI is InChI=1S/C21H32O5/c1-7-9-17-10-12-18(13-11-17)20(22)25-15(5)19(14(3)4)16(6)26-21(23)24-8-2/h10-16,19H,7-9H2,1-6H3. The Kier molecular flexibility index (Phi) is 9.17. The lowest BCUT2D eigenvalue weighted by Gasteiger charge is -2.31. The van der Waals surface area contributed by atoms with Gasteiger partial charge in [0.2, 0.25) is 0 Å². The second kappa shape index (κ2) is 10.8. The molecule has 5 heteroatoms. The highest BCUT2D eigenvalue weighted by atomic mass is 16.7. The highest BCUT2D eigenvalue weighted by Gasteiger charge is 2.32. The number of hydrogen-bond donors (Lipinski definition) is 0. The lowest BCUT2D eigenvalue weighted by Crippen LogP contribution is -2.38. The zero-order valence-corrected chi connectivity index (χ0v) is 16.8. The van der Waals surface area contributed by atoms with Gasteiger partial charge in [0.05, 0.1) is 12.2 Å². The summed E-state index contributed by atoms with van der Waals surface area (Å²) in [7, 11) is 0. The summed E-state index contributed by atoms with van der Waals surface area (Å²) in [6, 6.07) is 7.50. The first-order chi connectivity index (χ1) is 12.3. The topological polar surface area (TPSA) is 61.8 Å². The summed E-state index contributed by atoms with van der Waals surface area (Å²) in [5.41, 5.74) is 1.73. The maximum absolute atomic E-state index is 12.4. The highest BCUT2D eigenvalue weighted by molar-refractivity contribution is 5.89. The minimum Gasteiger partial charge on any atom is -0.459 e. The van der Waals surface area contributed by atoms with Crippen molar-refractivity contribution >= 4 is 12.1 Å². The molecule has 0 aliphatic carbocycles. The van der Waals surface area contributed by atoms with Crippen LogP contribution in [0, 0.1) is 11.8 Å². The molecule has 146 valence electrons. The van der Waals surface area contributed by atoms with Crippen molar-refractivity contribution in [1.82, 2.24) is 0 Å². The molecule has 0 radical (unpaired) electrons. The van der Waals surface area contributed by atoms with Crippen molar-refractivity contribution in [2.45, 2.75) is 66.6 Å². The number of benzene rings is 1. The molecule has 0 bridgehead atoms. The minimum absolute atomic E-state index is 0.136. The first-order valence-electron chi connectivity index (χ1n) is 9.43. The van der Waals surface area contributed by atoms with E-state index in [1.165, 1.54) is 5.56 Å². The van der Waals surface area contributed by atoms with Crippen LogP contribution in [-0.4, -0.2) is 30.9 Å². The van der Waals surface area contributed by atoms with Crippen molar-refractivity contribution in [1.29, 1.82) is 0 Å². The molecule has 0 aromatic heterocycles. The summed E-state index contributed by atoms with van der Waals surface area (Å²) < 4.78 is 15.8. The fraction of sp³-hybridized carbons (Fsp3) is 0.619. The zero-order chi connectivity index (χ0) is 19.7. The number of esters is 1. The highest BCUT2D eigenvalue weighted by Crippen LogP contribution is 2.25. The van der Waals surface area contributed by atoms with Crippen LogP contribution in [0.25, 0.3) is 0 Å². The third-order valence-electron chi connectivity index (χ3n) is 4.42. The molecule has 0 saturated carbocycles. The molecule has 26 heavy (non-hydrogen) atoms. The molecule has 0 saturated heterocycles. The van der Waals surface area contributed by atoms with E-state index in [1.807, 2.05) is 32.9 Å². The molecule has 0 amide bonds. The van der Waals surface area contributed by atoms with Crippen LogP contribution in [0.15, 0.2) is 24.3 Å². The van der Waals surface area contributed by atoms with Crippen molar-refractivity contribution in [3.8, 4) is 0 Å². The molecule has 0 aliphatic rings. The van der Waals surface area contributed by atoms with E-state index >= 15 is 0 Å². The van der Waals surface area contributed by atoms with Crippen LogP contribution in [0.5, 0.6) is 0 Å². The summed E-state index contributed by atoms with van der Waals surface area (Å²) in [5, 5.41) is 0. The normalized spacial score (nSPS) is 14.4. The van der Waals surface area contributed by atoms with Crippen molar-refractivity contribution in [3.63, 3.8) is 0 Å². The van der Waals surface area contributed by atoms with Crippen LogP contribution in [0.3, 0.4) is 0 Å². The zero-order valence-electron chi connectivity index (χ0n) is 16.8. The Morgan fingerprint density at radius 3 is 2.00 bits per heavy atom. The number of carbonyl (C=O) groups excluding carboxylic acids is 2.